The highest BCUT2D eigenvalue weighted by molar-refractivity contribution is 7.99. The number of hydrogen-bond acceptors (Lipinski definition) is 8. The van der Waals surface area contributed by atoms with Crippen LogP contribution >= 0.6 is 11.8 Å². The SMILES string of the molecule is CC(=O)OC(CSc1ncnc2nc[nH]c12)CN1CC[N+]([O-])(C(c2ccc(F)cc2)c2ccc(F)cc2)CC1.O. The third kappa shape index (κ3) is 6.80. The number of halogens is 2. The number of aromatic nitrogens is 4. The van der Waals surface area contributed by atoms with Crippen molar-refractivity contribution in [2.45, 2.75) is 24.1 Å². The van der Waals surface area contributed by atoms with Crippen LogP contribution in [0.1, 0.15) is 24.1 Å². The van der Waals surface area contributed by atoms with Crippen LogP contribution in [0.5, 0.6) is 0 Å². The molecule has 1 atom stereocenters. The fourth-order valence-electron chi connectivity index (χ4n) is 4.98. The normalized spacial score (nSPS) is 16.0. The van der Waals surface area contributed by atoms with Crippen LogP contribution in [-0.2, 0) is 9.53 Å². The van der Waals surface area contributed by atoms with Crippen molar-refractivity contribution in [2.24, 2.45) is 0 Å². The predicted molar refractivity (Wildman–Crippen MR) is 146 cm³/mol. The van der Waals surface area contributed by atoms with Gasteiger partial charge in [-0.05, 0) is 48.5 Å². The van der Waals surface area contributed by atoms with Crippen LogP contribution in [-0.4, -0.2) is 85.5 Å². The standard InChI is InChI=1S/C27H28F2N6O3S.H2O/c1-18(36)38-23(15-39-27-24-26(31-16-30-24)32-17-33-27)14-34-10-12-35(37,13-11-34)25(19-2-6-21(28)7-3-19)20-4-8-22(29)9-5-20;/h2-9,16-17,23,25H,10-15H2,1H3,(H,30,31,32,33);1H2. The second kappa shape index (κ2) is 12.8. The Kier molecular flexibility index (Phi) is 9.43. The van der Waals surface area contributed by atoms with Gasteiger partial charge in [-0.1, -0.05) is 0 Å². The first-order chi connectivity index (χ1) is 18.8. The third-order valence-corrected chi connectivity index (χ3v) is 7.94. The average Bonchev–Trinajstić information content (AvgIpc) is 3.40. The largest absolute Gasteiger partial charge is 0.632 e. The van der Waals surface area contributed by atoms with E-state index in [-0.39, 0.29) is 36.2 Å². The molecule has 0 amide bonds. The van der Waals surface area contributed by atoms with E-state index in [0.29, 0.717) is 47.2 Å². The molecular formula is C27H30F2N6O4S. The molecule has 3 N–H and O–H groups in total. The Labute approximate surface area is 233 Å². The molecule has 0 bridgehead atoms. The van der Waals surface area contributed by atoms with Crippen molar-refractivity contribution < 1.29 is 28.4 Å². The van der Waals surface area contributed by atoms with Crippen molar-refractivity contribution in [3.8, 4) is 0 Å². The number of piperazine rings is 1. The van der Waals surface area contributed by atoms with Crippen LogP contribution in [0.2, 0.25) is 0 Å². The van der Waals surface area contributed by atoms with E-state index in [4.69, 9.17) is 4.74 Å². The van der Waals surface area contributed by atoms with Gasteiger partial charge in [-0.25, -0.2) is 23.7 Å². The summed E-state index contributed by atoms with van der Waals surface area (Å²) in [6.45, 7) is 3.31. The van der Waals surface area contributed by atoms with E-state index in [2.05, 4.69) is 24.8 Å². The van der Waals surface area contributed by atoms with Gasteiger partial charge in [0.1, 0.15) is 40.7 Å². The number of nitrogens with zero attached hydrogens (tertiary/aromatic N) is 5. The summed E-state index contributed by atoms with van der Waals surface area (Å²) in [7, 11) is 0. The van der Waals surface area contributed by atoms with E-state index in [1.54, 1.807) is 30.6 Å². The molecule has 0 radical (unpaired) electrons. The smallest absolute Gasteiger partial charge is 0.302 e. The number of aromatic amines is 1. The lowest BCUT2D eigenvalue weighted by atomic mass is 9.95. The molecule has 0 aliphatic carbocycles. The average molecular weight is 573 g/mol. The molecule has 2 aromatic carbocycles. The zero-order valence-electron chi connectivity index (χ0n) is 21.8. The van der Waals surface area contributed by atoms with E-state index >= 15 is 0 Å². The summed E-state index contributed by atoms with van der Waals surface area (Å²) < 4.78 is 32.3. The fraction of sp³-hybridized carbons (Fsp3) is 0.333. The fourth-order valence-corrected chi connectivity index (χ4v) is 5.92. The summed E-state index contributed by atoms with van der Waals surface area (Å²) in [4.78, 5) is 29.6. The number of benzene rings is 2. The third-order valence-electron chi connectivity index (χ3n) is 6.82. The van der Waals surface area contributed by atoms with Gasteiger partial charge in [-0.15, -0.1) is 11.8 Å². The summed E-state index contributed by atoms with van der Waals surface area (Å²) in [5.74, 6) is -0.688. The maximum Gasteiger partial charge on any atom is 0.302 e. The van der Waals surface area contributed by atoms with Crippen molar-refractivity contribution in [1.29, 1.82) is 0 Å². The summed E-state index contributed by atoms with van der Waals surface area (Å²) in [5, 5.41) is 14.9. The second-order valence-corrected chi connectivity index (χ2v) is 10.5. The molecule has 4 aromatic rings. The van der Waals surface area contributed by atoms with Gasteiger partial charge in [0.25, 0.3) is 0 Å². The van der Waals surface area contributed by atoms with E-state index in [1.165, 1.54) is 49.3 Å². The number of nitrogens with one attached hydrogen (secondary N) is 1. The predicted octanol–water partition coefficient (Wildman–Crippen LogP) is 3.25. The first kappa shape index (κ1) is 29.5. The summed E-state index contributed by atoms with van der Waals surface area (Å²) >= 11 is 1.44. The molecule has 1 fully saturated rings. The molecular weight excluding hydrogens is 542 g/mol. The van der Waals surface area contributed by atoms with Crippen molar-refractivity contribution in [3.63, 3.8) is 0 Å². The monoisotopic (exact) mass is 572 g/mol. The van der Waals surface area contributed by atoms with Gasteiger partial charge in [0.05, 0.1) is 19.4 Å². The maximum atomic E-state index is 14.2. The Balaban J connectivity index is 0.00000370. The van der Waals surface area contributed by atoms with Crippen LogP contribution < -0.4 is 0 Å². The van der Waals surface area contributed by atoms with Crippen molar-refractivity contribution in [2.75, 3.05) is 38.5 Å². The quantitative estimate of drug-likeness (QED) is 0.106. The minimum atomic E-state index is -0.622. The number of carbonyl (C=O) groups is 1. The Morgan fingerprint density at radius 3 is 2.23 bits per heavy atom. The number of H-pyrrole nitrogens is 1. The van der Waals surface area contributed by atoms with E-state index in [1.807, 2.05) is 0 Å². The molecule has 5 rings (SSSR count). The minimum absolute atomic E-state index is 0. The number of thioether (sulfide) groups is 1. The molecule has 2 aromatic heterocycles. The van der Waals surface area contributed by atoms with Gasteiger partial charge in [0.15, 0.2) is 5.65 Å². The lowest BCUT2D eigenvalue weighted by Crippen LogP contribution is -2.58. The van der Waals surface area contributed by atoms with Crippen LogP contribution in [0, 0.1) is 16.8 Å². The number of hydroxylamine groups is 3. The lowest BCUT2D eigenvalue weighted by molar-refractivity contribution is -0.909. The van der Waals surface area contributed by atoms with Gasteiger partial charge in [0, 0.05) is 43.4 Å². The zero-order chi connectivity index (χ0) is 27.4. The van der Waals surface area contributed by atoms with Gasteiger partial charge in [-0.3, -0.25) is 9.69 Å². The number of carbonyl (C=O) groups excluding carboxylic acids is 1. The number of rotatable bonds is 9. The van der Waals surface area contributed by atoms with Crippen molar-refractivity contribution >= 4 is 28.9 Å². The molecule has 1 saturated heterocycles. The van der Waals surface area contributed by atoms with Crippen molar-refractivity contribution in [3.05, 3.63) is 89.2 Å². The van der Waals surface area contributed by atoms with Crippen LogP contribution in [0.4, 0.5) is 8.78 Å². The Hall–Kier alpha value is -3.49. The Morgan fingerprint density at radius 2 is 1.65 bits per heavy atom. The van der Waals surface area contributed by atoms with Crippen molar-refractivity contribution in [1.82, 2.24) is 24.8 Å². The molecule has 0 saturated carbocycles. The second-order valence-electron chi connectivity index (χ2n) is 9.53. The Bertz CT molecular complexity index is 1370. The summed E-state index contributed by atoms with van der Waals surface area (Å²) in [6, 6.07) is 11.2. The molecule has 0 spiro atoms. The number of ether oxygens (including phenoxy) is 1. The molecule has 1 aliphatic heterocycles. The highest BCUT2D eigenvalue weighted by Crippen LogP contribution is 2.36. The molecule has 1 aliphatic rings. The number of hydrogen-bond donors (Lipinski definition) is 1. The van der Waals surface area contributed by atoms with Crippen LogP contribution in [0.3, 0.4) is 0 Å². The highest BCUT2D eigenvalue weighted by atomic mass is 32.2. The minimum Gasteiger partial charge on any atom is -0.632 e. The van der Waals surface area contributed by atoms with Crippen LogP contribution in [0.25, 0.3) is 11.2 Å². The van der Waals surface area contributed by atoms with E-state index in [0.717, 1.165) is 5.52 Å². The Morgan fingerprint density at radius 1 is 1.05 bits per heavy atom. The maximum absolute atomic E-state index is 14.2. The molecule has 40 heavy (non-hydrogen) atoms. The summed E-state index contributed by atoms with van der Waals surface area (Å²) in [5.41, 5.74) is 2.64. The molecule has 13 heteroatoms. The molecule has 10 nitrogen and oxygen atoms in total. The van der Waals surface area contributed by atoms with Gasteiger partial charge < -0.3 is 25.1 Å². The van der Waals surface area contributed by atoms with E-state index in [9.17, 15) is 18.8 Å². The van der Waals surface area contributed by atoms with Gasteiger partial charge in [0.2, 0.25) is 0 Å². The number of quaternary nitrogens is 1. The first-order valence-electron chi connectivity index (χ1n) is 12.6. The number of imidazole rings is 1. The van der Waals surface area contributed by atoms with E-state index < -0.39 is 16.8 Å². The molecule has 3 heterocycles. The highest BCUT2D eigenvalue weighted by Gasteiger charge is 2.36. The zero-order valence-corrected chi connectivity index (χ0v) is 22.6. The number of fused-ring (bicyclic) bond motifs is 1. The molecule has 212 valence electrons. The number of esters is 1. The van der Waals surface area contributed by atoms with Crippen LogP contribution in [0.15, 0.2) is 66.2 Å². The first-order valence-corrected chi connectivity index (χ1v) is 13.5. The van der Waals surface area contributed by atoms with Gasteiger partial charge >= 0.3 is 5.97 Å². The summed E-state index contributed by atoms with van der Waals surface area (Å²) in [6.07, 6.45) is 2.58. The van der Waals surface area contributed by atoms with Gasteiger partial charge in [-0.2, -0.15) is 0 Å². The molecule has 1 unspecified atom stereocenters. The lowest BCUT2D eigenvalue weighted by Gasteiger charge is -2.53. The topological polar surface area (TPSA) is 139 Å².